The molecule has 4 nitrogen and oxygen atoms in total. The molecule has 12 heavy (non-hydrogen) atoms. The Hall–Kier alpha value is -0.130. The first-order chi connectivity index (χ1) is 5.52. The molecule has 2 unspecified atom stereocenters. The van der Waals surface area contributed by atoms with Crippen LogP contribution < -0.4 is 5.73 Å². The van der Waals surface area contributed by atoms with Gasteiger partial charge in [-0.25, -0.2) is 8.42 Å². The smallest absolute Gasteiger partial charge is 0.153 e. The maximum atomic E-state index is 11.3. The molecular weight excluding hydrogens is 178 g/mol. The van der Waals surface area contributed by atoms with Gasteiger partial charge in [-0.05, 0) is 6.42 Å². The Morgan fingerprint density at radius 1 is 1.67 bits per heavy atom. The van der Waals surface area contributed by atoms with Gasteiger partial charge in [0, 0.05) is 17.7 Å². The molecule has 0 aromatic heterocycles. The van der Waals surface area contributed by atoms with E-state index in [0.717, 1.165) is 0 Å². The number of sulfone groups is 1. The lowest BCUT2D eigenvalue weighted by atomic mass is 10.1. The molecule has 0 aliphatic heterocycles. The van der Waals surface area contributed by atoms with Crippen molar-refractivity contribution < 1.29 is 13.5 Å². The maximum Gasteiger partial charge on any atom is 0.153 e. The zero-order valence-corrected chi connectivity index (χ0v) is 7.97. The van der Waals surface area contributed by atoms with E-state index in [4.69, 9.17) is 10.8 Å². The molecule has 5 heteroatoms. The van der Waals surface area contributed by atoms with Crippen molar-refractivity contribution >= 4 is 9.84 Å². The normalized spacial score (nSPS) is 35.1. The van der Waals surface area contributed by atoms with E-state index in [1.807, 2.05) is 0 Å². The summed E-state index contributed by atoms with van der Waals surface area (Å²) in [5.74, 6) is 0.138. The standard InChI is InChI=1S/C7H15NO3S/c1-2-12(10,11)6-3-7(6,4-8)5-9/h6,9H,2-5,8H2,1H3. The van der Waals surface area contributed by atoms with Gasteiger partial charge in [-0.1, -0.05) is 6.92 Å². The predicted octanol–water partition coefficient (Wildman–Crippen LogP) is -0.869. The van der Waals surface area contributed by atoms with Crippen LogP contribution in [0, 0.1) is 5.41 Å². The summed E-state index contributed by atoms with van der Waals surface area (Å²) in [7, 11) is -3.00. The first-order valence-electron chi connectivity index (χ1n) is 4.05. The molecule has 2 atom stereocenters. The number of aliphatic hydroxyl groups excluding tert-OH is 1. The van der Waals surface area contributed by atoms with Crippen LogP contribution in [0.4, 0.5) is 0 Å². The molecule has 1 aliphatic rings. The van der Waals surface area contributed by atoms with Crippen LogP contribution in [0.15, 0.2) is 0 Å². The van der Waals surface area contributed by atoms with E-state index in [-0.39, 0.29) is 18.9 Å². The van der Waals surface area contributed by atoms with Crippen molar-refractivity contribution in [3.05, 3.63) is 0 Å². The summed E-state index contributed by atoms with van der Waals surface area (Å²) in [6.45, 7) is 1.76. The van der Waals surface area contributed by atoms with Gasteiger partial charge >= 0.3 is 0 Å². The molecule has 0 radical (unpaired) electrons. The molecule has 1 saturated carbocycles. The average Bonchev–Trinajstić information content (AvgIpc) is 2.80. The predicted molar refractivity (Wildman–Crippen MR) is 46.4 cm³/mol. The third-order valence-corrected chi connectivity index (χ3v) is 5.01. The second-order valence-electron chi connectivity index (χ2n) is 3.37. The highest BCUT2D eigenvalue weighted by Crippen LogP contribution is 2.49. The molecule has 3 N–H and O–H groups in total. The molecule has 0 spiro atoms. The number of aliphatic hydroxyl groups is 1. The van der Waals surface area contributed by atoms with E-state index in [1.54, 1.807) is 6.92 Å². The highest BCUT2D eigenvalue weighted by atomic mass is 32.2. The summed E-state index contributed by atoms with van der Waals surface area (Å²) in [4.78, 5) is 0. The van der Waals surface area contributed by atoms with E-state index in [0.29, 0.717) is 6.42 Å². The van der Waals surface area contributed by atoms with E-state index in [1.165, 1.54) is 0 Å². The van der Waals surface area contributed by atoms with Crippen LogP contribution in [0.1, 0.15) is 13.3 Å². The van der Waals surface area contributed by atoms with Crippen molar-refractivity contribution in [2.75, 3.05) is 18.9 Å². The van der Waals surface area contributed by atoms with Gasteiger partial charge in [-0.15, -0.1) is 0 Å². The summed E-state index contributed by atoms with van der Waals surface area (Å²) in [6, 6.07) is 0. The second kappa shape index (κ2) is 2.97. The first-order valence-corrected chi connectivity index (χ1v) is 5.76. The lowest BCUT2D eigenvalue weighted by Crippen LogP contribution is -2.27. The fraction of sp³-hybridized carbons (Fsp3) is 1.00. The Morgan fingerprint density at radius 3 is 2.50 bits per heavy atom. The van der Waals surface area contributed by atoms with Crippen LogP contribution in [-0.4, -0.2) is 37.7 Å². The zero-order valence-electron chi connectivity index (χ0n) is 7.16. The van der Waals surface area contributed by atoms with E-state index in [9.17, 15) is 8.42 Å². The van der Waals surface area contributed by atoms with Gasteiger partial charge in [0.2, 0.25) is 0 Å². The largest absolute Gasteiger partial charge is 0.396 e. The van der Waals surface area contributed by atoms with Crippen molar-refractivity contribution in [2.24, 2.45) is 11.1 Å². The minimum atomic E-state index is -3.00. The van der Waals surface area contributed by atoms with Crippen molar-refractivity contribution in [1.29, 1.82) is 0 Å². The average molecular weight is 193 g/mol. The molecule has 1 fully saturated rings. The number of hydrogen-bond acceptors (Lipinski definition) is 4. The Bertz CT molecular complexity index is 256. The fourth-order valence-electron chi connectivity index (χ4n) is 1.47. The zero-order chi connectivity index (χ0) is 9.41. The minimum Gasteiger partial charge on any atom is -0.396 e. The van der Waals surface area contributed by atoms with Crippen molar-refractivity contribution in [2.45, 2.75) is 18.6 Å². The molecule has 0 bridgehead atoms. The summed E-state index contributed by atoms with van der Waals surface area (Å²) < 4.78 is 22.7. The van der Waals surface area contributed by atoms with Crippen LogP contribution in [0.2, 0.25) is 0 Å². The van der Waals surface area contributed by atoms with Gasteiger partial charge in [-0.3, -0.25) is 0 Å². The van der Waals surface area contributed by atoms with Crippen LogP contribution in [-0.2, 0) is 9.84 Å². The highest BCUT2D eigenvalue weighted by molar-refractivity contribution is 7.92. The Labute approximate surface area is 72.7 Å². The molecule has 0 aromatic rings. The molecule has 0 heterocycles. The quantitative estimate of drug-likeness (QED) is 0.608. The van der Waals surface area contributed by atoms with E-state index in [2.05, 4.69) is 0 Å². The summed E-state index contributed by atoms with van der Waals surface area (Å²) in [5.41, 5.74) is 4.88. The minimum absolute atomic E-state index is 0.118. The third-order valence-electron chi connectivity index (χ3n) is 2.67. The summed E-state index contributed by atoms with van der Waals surface area (Å²) in [6.07, 6.45) is 0.524. The summed E-state index contributed by atoms with van der Waals surface area (Å²) in [5, 5.41) is 8.54. The van der Waals surface area contributed by atoms with Crippen LogP contribution in [0.25, 0.3) is 0 Å². The van der Waals surface area contributed by atoms with Crippen molar-refractivity contribution in [3.8, 4) is 0 Å². The third kappa shape index (κ3) is 1.36. The molecular formula is C7H15NO3S. The SMILES string of the molecule is CCS(=O)(=O)C1CC1(CN)CO. The Morgan fingerprint density at radius 2 is 2.25 bits per heavy atom. The van der Waals surface area contributed by atoms with E-state index < -0.39 is 20.5 Å². The maximum absolute atomic E-state index is 11.3. The topological polar surface area (TPSA) is 80.4 Å². The van der Waals surface area contributed by atoms with Gasteiger partial charge in [0.15, 0.2) is 9.84 Å². The van der Waals surface area contributed by atoms with Gasteiger partial charge in [0.05, 0.1) is 11.9 Å². The van der Waals surface area contributed by atoms with Gasteiger partial charge in [0.1, 0.15) is 0 Å². The van der Waals surface area contributed by atoms with Gasteiger partial charge < -0.3 is 10.8 Å². The molecule has 0 aromatic carbocycles. The molecule has 1 aliphatic carbocycles. The fourth-order valence-corrected chi connectivity index (χ4v) is 3.39. The number of rotatable bonds is 4. The molecule has 72 valence electrons. The highest BCUT2D eigenvalue weighted by Gasteiger charge is 2.59. The Balaban J connectivity index is 2.74. The first kappa shape index (κ1) is 9.95. The summed E-state index contributed by atoms with van der Waals surface area (Å²) >= 11 is 0. The van der Waals surface area contributed by atoms with Crippen molar-refractivity contribution in [1.82, 2.24) is 0 Å². The Kier molecular flexibility index (Phi) is 2.47. The number of nitrogens with two attached hydrogens (primary N) is 1. The number of hydrogen-bond donors (Lipinski definition) is 2. The van der Waals surface area contributed by atoms with Crippen LogP contribution in [0.3, 0.4) is 0 Å². The second-order valence-corrected chi connectivity index (χ2v) is 5.84. The molecule has 1 rings (SSSR count). The molecule has 0 amide bonds. The van der Waals surface area contributed by atoms with Crippen molar-refractivity contribution in [3.63, 3.8) is 0 Å². The van der Waals surface area contributed by atoms with Crippen LogP contribution >= 0.6 is 0 Å². The van der Waals surface area contributed by atoms with Gasteiger partial charge in [0.25, 0.3) is 0 Å². The lowest BCUT2D eigenvalue weighted by Gasteiger charge is -2.09. The van der Waals surface area contributed by atoms with E-state index >= 15 is 0 Å². The van der Waals surface area contributed by atoms with Gasteiger partial charge in [-0.2, -0.15) is 0 Å². The van der Waals surface area contributed by atoms with Crippen LogP contribution in [0.5, 0.6) is 0 Å². The molecule has 0 saturated heterocycles. The lowest BCUT2D eigenvalue weighted by molar-refractivity contribution is 0.217. The monoisotopic (exact) mass is 193 g/mol.